The van der Waals surface area contributed by atoms with Gasteiger partial charge in [0.2, 0.25) is 0 Å². The normalized spacial score (nSPS) is 18.3. The second-order valence-corrected chi connectivity index (χ2v) is 6.26. The van der Waals surface area contributed by atoms with E-state index < -0.39 is 0 Å². The van der Waals surface area contributed by atoms with E-state index in [1.807, 2.05) is 21.8 Å². The molecule has 4 heterocycles. The third-order valence-electron chi connectivity index (χ3n) is 3.92. The number of carbonyl (C=O) groups excluding carboxylic acids is 1. The summed E-state index contributed by atoms with van der Waals surface area (Å²) >= 11 is 1.39. The molecule has 4 rings (SSSR count). The van der Waals surface area contributed by atoms with Crippen molar-refractivity contribution in [2.24, 2.45) is 0 Å². The summed E-state index contributed by atoms with van der Waals surface area (Å²) in [5, 5.41) is 13.3. The Morgan fingerprint density at radius 2 is 2.39 bits per heavy atom. The predicted molar refractivity (Wildman–Crippen MR) is 83.9 cm³/mol. The van der Waals surface area contributed by atoms with E-state index in [0.29, 0.717) is 23.1 Å². The maximum absolute atomic E-state index is 12.7. The average molecular weight is 329 g/mol. The van der Waals surface area contributed by atoms with Gasteiger partial charge in [-0.1, -0.05) is 0 Å². The van der Waals surface area contributed by atoms with Gasteiger partial charge in [0.15, 0.2) is 10.8 Å². The van der Waals surface area contributed by atoms with E-state index in [2.05, 4.69) is 25.3 Å². The molecule has 1 amide bonds. The van der Waals surface area contributed by atoms with Crippen LogP contribution >= 0.6 is 11.3 Å². The lowest BCUT2D eigenvalue weighted by Gasteiger charge is -2.32. The number of aromatic amines is 1. The minimum absolute atomic E-state index is 0.0381. The number of likely N-dealkylation sites (tertiary alicyclic amines) is 1. The number of nitrogens with one attached hydrogen (secondary N) is 1. The lowest BCUT2D eigenvalue weighted by Crippen LogP contribution is -2.41. The van der Waals surface area contributed by atoms with Crippen LogP contribution in [0.3, 0.4) is 0 Å². The smallest absolute Gasteiger partial charge is 0.273 e. The highest BCUT2D eigenvalue weighted by Gasteiger charge is 2.27. The van der Waals surface area contributed by atoms with E-state index in [4.69, 9.17) is 0 Å². The molecule has 118 valence electrons. The van der Waals surface area contributed by atoms with Crippen molar-refractivity contribution in [2.45, 2.75) is 18.9 Å². The monoisotopic (exact) mass is 329 g/mol. The van der Waals surface area contributed by atoms with E-state index in [-0.39, 0.29) is 11.9 Å². The Morgan fingerprint density at radius 3 is 3.17 bits per heavy atom. The van der Waals surface area contributed by atoms with Crippen molar-refractivity contribution in [3.63, 3.8) is 0 Å². The average Bonchev–Trinajstić information content (AvgIpc) is 3.36. The van der Waals surface area contributed by atoms with Crippen molar-refractivity contribution in [3.05, 3.63) is 35.9 Å². The molecule has 0 bridgehead atoms. The van der Waals surface area contributed by atoms with Crippen LogP contribution < -0.4 is 0 Å². The fourth-order valence-corrected chi connectivity index (χ4v) is 3.54. The molecular formula is C14H15N7OS. The summed E-state index contributed by atoms with van der Waals surface area (Å²) in [6.07, 6.45) is 7.15. The Morgan fingerprint density at radius 1 is 1.43 bits per heavy atom. The van der Waals surface area contributed by atoms with Crippen LogP contribution in [0.4, 0.5) is 0 Å². The summed E-state index contributed by atoms with van der Waals surface area (Å²) in [6.45, 7) is 1.42. The summed E-state index contributed by atoms with van der Waals surface area (Å²) in [6, 6.07) is 2.14. The van der Waals surface area contributed by atoms with Crippen molar-refractivity contribution in [2.75, 3.05) is 13.1 Å². The molecule has 8 nitrogen and oxygen atoms in total. The number of H-pyrrole nitrogens is 1. The molecule has 1 unspecified atom stereocenters. The first-order valence-electron chi connectivity index (χ1n) is 7.41. The summed E-state index contributed by atoms with van der Waals surface area (Å²) in [7, 11) is 0. The molecule has 0 radical (unpaired) electrons. The Hall–Kier alpha value is -2.55. The zero-order chi connectivity index (χ0) is 15.6. The van der Waals surface area contributed by atoms with Gasteiger partial charge in [-0.05, 0) is 18.9 Å². The second-order valence-electron chi connectivity index (χ2n) is 5.41. The Bertz CT molecular complexity index is 780. The van der Waals surface area contributed by atoms with Gasteiger partial charge in [-0.2, -0.15) is 10.2 Å². The number of hydrogen-bond acceptors (Lipinski definition) is 6. The Kier molecular flexibility index (Phi) is 3.62. The van der Waals surface area contributed by atoms with E-state index >= 15 is 0 Å². The second kappa shape index (κ2) is 5.92. The molecule has 9 heteroatoms. The number of hydrogen-bond donors (Lipinski definition) is 1. The number of amides is 1. The minimum Gasteiger partial charge on any atom is -0.335 e. The summed E-state index contributed by atoms with van der Waals surface area (Å²) in [5.41, 5.74) is 0.461. The van der Waals surface area contributed by atoms with E-state index in [0.717, 1.165) is 19.4 Å². The molecule has 0 aromatic carbocycles. The van der Waals surface area contributed by atoms with Crippen molar-refractivity contribution in [1.29, 1.82) is 0 Å². The molecule has 3 aromatic heterocycles. The zero-order valence-corrected chi connectivity index (χ0v) is 13.1. The molecule has 1 saturated heterocycles. The van der Waals surface area contributed by atoms with E-state index in [1.54, 1.807) is 11.6 Å². The molecule has 0 saturated carbocycles. The van der Waals surface area contributed by atoms with Crippen LogP contribution in [0.5, 0.6) is 0 Å². The molecule has 1 aliphatic rings. The standard InChI is InChI=1S/C14H15N7OS/c22-14(11-8-23-13(18-11)12-15-9-16-19-12)20-5-1-3-10(7-20)21-6-2-4-17-21/h2,4,6,8-10H,1,3,5,7H2,(H,15,16,19). The van der Waals surface area contributed by atoms with Gasteiger partial charge >= 0.3 is 0 Å². The maximum Gasteiger partial charge on any atom is 0.273 e. The van der Waals surface area contributed by atoms with Gasteiger partial charge in [0.05, 0.1) is 6.04 Å². The van der Waals surface area contributed by atoms with Crippen molar-refractivity contribution in [3.8, 4) is 10.8 Å². The predicted octanol–water partition coefficient (Wildman–Crippen LogP) is 1.60. The minimum atomic E-state index is -0.0381. The summed E-state index contributed by atoms with van der Waals surface area (Å²) in [5.74, 6) is 0.547. The zero-order valence-electron chi connectivity index (χ0n) is 12.3. The van der Waals surface area contributed by atoms with Crippen LogP contribution in [0.15, 0.2) is 30.2 Å². The first-order chi connectivity index (χ1) is 11.3. The van der Waals surface area contributed by atoms with Crippen LogP contribution in [0.25, 0.3) is 10.8 Å². The molecule has 1 aliphatic heterocycles. The van der Waals surface area contributed by atoms with Gasteiger partial charge in [0.1, 0.15) is 12.0 Å². The van der Waals surface area contributed by atoms with Crippen molar-refractivity contribution >= 4 is 17.2 Å². The lowest BCUT2D eigenvalue weighted by molar-refractivity contribution is 0.0668. The highest BCUT2D eigenvalue weighted by atomic mass is 32.1. The number of piperidine rings is 1. The molecule has 0 aliphatic carbocycles. The maximum atomic E-state index is 12.7. The summed E-state index contributed by atoms with van der Waals surface area (Å²) in [4.78, 5) is 23.0. The van der Waals surface area contributed by atoms with Gasteiger partial charge in [-0.3, -0.25) is 14.6 Å². The third-order valence-corrected chi connectivity index (χ3v) is 4.77. The molecule has 1 N–H and O–H groups in total. The third kappa shape index (κ3) is 2.74. The van der Waals surface area contributed by atoms with Crippen LogP contribution in [-0.2, 0) is 0 Å². The largest absolute Gasteiger partial charge is 0.335 e. The Labute approximate surface area is 136 Å². The molecule has 3 aromatic rings. The number of aromatic nitrogens is 6. The first-order valence-corrected chi connectivity index (χ1v) is 8.29. The van der Waals surface area contributed by atoms with Crippen molar-refractivity contribution < 1.29 is 4.79 Å². The first kappa shape index (κ1) is 14.1. The highest BCUT2D eigenvalue weighted by molar-refractivity contribution is 7.13. The quantitative estimate of drug-likeness (QED) is 0.788. The van der Waals surface area contributed by atoms with Gasteiger partial charge in [-0.25, -0.2) is 9.97 Å². The van der Waals surface area contributed by atoms with Crippen LogP contribution in [0.1, 0.15) is 29.4 Å². The lowest BCUT2D eigenvalue weighted by atomic mass is 10.1. The SMILES string of the molecule is O=C(c1csc(-c2ncn[nH]2)n1)N1CCCC(n2cccn2)C1. The number of carbonyl (C=O) groups is 1. The number of thiazole rings is 1. The highest BCUT2D eigenvalue weighted by Crippen LogP contribution is 2.24. The van der Waals surface area contributed by atoms with Gasteiger partial charge in [0, 0.05) is 30.9 Å². The number of nitrogens with zero attached hydrogens (tertiary/aromatic N) is 6. The van der Waals surface area contributed by atoms with Crippen LogP contribution in [0, 0.1) is 0 Å². The number of rotatable bonds is 3. The Balaban J connectivity index is 1.50. The van der Waals surface area contributed by atoms with Crippen molar-refractivity contribution in [1.82, 2.24) is 34.8 Å². The van der Waals surface area contributed by atoms with Gasteiger partial charge < -0.3 is 4.90 Å². The summed E-state index contributed by atoms with van der Waals surface area (Å²) < 4.78 is 1.93. The molecular weight excluding hydrogens is 314 g/mol. The molecule has 0 spiro atoms. The van der Waals surface area contributed by atoms with E-state index in [1.165, 1.54) is 17.7 Å². The fourth-order valence-electron chi connectivity index (χ4n) is 2.80. The molecule has 1 atom stereocenters. The van der Waals surface area contributed by atoms with E-state index in [9.17, 15) is 4.79 Å². The molecule has 23 heavy (non-hydrogen) atoms. The van der Waals surface area contributed by atoms with Crippen LogP contribution in [0.2, 0.25) is 0 Å². The fraction of sp³-hybridized carbons (Fsp3) is 0.357. The topological polar surface area (TPSA) is 92.6 Å². The van der Waals surface area contributed by atoms with Crippen LogP contribution in [-0.4, -0.2) is 53.8 Å². The van der Waals surface area contributed by atoms with Gasteiger partial charge in [-0.15, -0.1) is 11.3 Å². The van der Waals surface area contributed by atoms with Gasteiger partial charge in [0.25, 0.3) is 5.91 Å². The molecule has 1 fully saturated rings.